The summed E-state index contributed by atoms with van der Waals surface area (Å²) in [5.41, 5.74) is 1.90. The zero-order chi connectivity index (χ0) is 23.8. The Morgan fingerprint density at radius 3 is 2.52 bits per heavy atom. The highest BCUT2D eigenvalue weighted by atomic mass is 16.6. The molecule has 0 atom stereocenters. The number of nitrogens with zero attached hydrogens (tertiary/aromatic N) is 3. The lowest BCUT2D eigenvalue weighted by Gasteiger charge is -2.06. The molecule has 3 aromatic rings. The van der Waals surface area contributed by atoms with Gasteiger partial charge < -0.3 is 9.15 Å². The fourth-order valence-corrected chi connectivity index (χ4v) is 2.56. The van der Waals surface area contributed by atoms with E-state index in [2.05, 4.69) is 10.5 Å². The molecular formula is C21H14N4O8. The van der Waals surface area contributed by atoms with Gasteiger partial charge in [-0.2, -0.15) is 5.10 Å². The third-order valence-electron chi connectivity index (χ3n) is 4.03. The molecule has 3 rings (SSSR count). The molecular weight excluding hydrogens is 436 g/mol. The fraction of sp³-hybridized carbons (Fsp3) is 0. The molecule has 0 saturated heterocycles. The Morgan fingerprint density at radius 1 is 1.03 bits per heavy atom. The van der Waals surface area contributed by atoms with Gasteiger partial charge in [0.15, 0.2) is 5.76 Å². The Morgan fingerprint density at radius 2 is 1.82 bits per heavy atom. The first kappa shape index (κ1) is 22.6. The van der Waals surface area contributed by atoms with Crippen molar-refractivity contribution in [2.24, 2.45) is 5.10 Å². The van der Waals surface area contributed by atoms with Crippen molar-refractivity contribution >= 4 is 35.5 Å². The molecule has 12 heteroatoms. The van der Waals surface area contributed by atoms with Crippen molar-refractivity contribution in [2.75, 3.05) is 0 Å². The van der Waals surface area contributed by atoms with E-state index in [1.54, 1.807) is 0 Å². The maximum atomic E-state index is 12.3. The van der Waals surface area contributed by atoms with Crippen LogP contribution >= 0.6 is 0 Å². The van der Waals surface area contributed by atoms with Gasteiger partial charge in [0.1, 0.15) is 0 Å². The van der Waals surface area contributed by atoms with Crippen LogP contribution < -0.4 is 10.2 Å². The molecule has 0 saturated carbocycles. The van der Waals surface area contributed by atoms with Crippen LogP contribution in [0, 0.1) is 20.2 Å². The second-order valence-electron chi connectivity index (χ2n) is 6.24. The fourth-order valence-electron chi connectivity index (χ4n) is 2.56. The minimum Gasteiger partial charge on any atom is -0.459 e. The lowest BCUT2D eigenvalue weighted by molar-refractivity contribution is -0.385. The number of hydrogen-bond acceptors (Lipinski definition) is 9. The molecule has 166 valence electrons. The first-order valence-electron chi connectivity index (χ1n) is 9.14. The van der Waals surface area contributed by atoms with E-state index in [0.29, 0.717) is 5.56 Å². The number of ether oxygens (including phenoxy) is 1. The molecule has 0 bridgehead atoms. The highest BCUT2D eigenvalue weighted by Crippen LogP contribution is 2.30. The quantitative estimate of drug-likeness (QED) is 0.136. The van der Waals surface area contributed by atoms with Crippen LogP contribution in [0.4, 0.5) is 11.4 Å². The largest absolute Gasteiger partial charge is 0.459 e. The minimum absolute atomic E-state index is 0.00382. The van der Waals surface area contributed by atoms with E-state index in [1.807, 2.05) is 0 Å². The van der Waals surface area contributed by atoms with Crippen LogP contribution in [-0.2, 0) is 4.79 Å². The van der Waals surface area contributed by atoms with E-state index in [4.69, 9.17) is 9.15 Å². The molecule has 1 heterocycles. The van der Waals surface area contributed by atoms with Crippen molar-refractivity contribution in [3.8, 4) is 5.75 Å². The van der Waals surface area contributed by atoms with Gasteiger partial charge in [-0.15, -0.1) is 0 Å². The lowest BCUT2D eigenvalue weighted by atomic mass is 10.2. The van der Waals surface area contributed by atoms with Crippen LogP contribution in [0.2, 0.25) is 0 Å². The van der Waals surface area contributed by atoms with Gasteiger partial charge in [-0.05, 0) is 29.8 Å². The number of non-ortho nitro benzene ring substituents is 1. The second-order valence-corrected chi connectivity index (χ2v) is 6.24. The van der Waals surface area contributed by atoms with E-state index < -0.39 is 33.2 Å². The second kappa shape index (κ2) is 10.3. The number of nitro benzene ring substituents is 2. The minimum atomic E-state index is -0.968. The number of amides is 1. The number of furan rings is 1. The zero-order valence-electron chi connectivity index (χ0n) is 16.6. The van der Waals surface area contributed by atoms with Gasteiger partial charge in [-0.1, -0.05) is 18.2 Å². The number of rotatable bonds is 8. The number of hydrogen-bond donors (Lipinski definition) is 1. The Kier molecular flexibility index (Phi) is 7.01. The average molecular weight is 450 g/mol. The summed E-state index contributed by atoms with van der Waals surface area (Å²) in [7, 11) is 0. The van der Waals surface area contributed by atoms with Crippen molar-refractivity contribution < 1.29 is 28.6 Å². The van der Waals surface area contributed by atoms with E-state index in [9.17, 15) is 29.8 Å². The van der Waals surface area contributed by atoms with Crippen LogP contribution in [0.25, 0.3) is 6.08 Å². The molecule has 1 N–H and O–H groups in total. The van der Waals surface area contributed by atoms with Gasteiger partial charge in [0, 0.05) is 29.8 Å². The Balaban J connectivity index is 1.79. The standard InChI is InChI=1S/C21H14N4O8/c26-19(10-9-14-4-1-6-16(12-14)24(28)29)33-20-15(5-2-7-17(20)25(30)31)13-22-23-21(27)18-8-3-11-32-18/h1-13H,(H,23,27)/b10-9+,22-13+. The van der Waals surface area contributed by atoms with Crippen LogP contribution in [-0.4, -0.2) is 27.9 Å². The molecule has 0 radical (unpaired) electrons. The highest BCUT2D eigenvalue weighted by Gasteiger charge is 2.20. The molecule has 2 aromatic carbocycles. The SMILES string of the molecule is O=C(/C=C/c1cccc([N+](=O)[O-])c1)Oc1c(/C=N/NC(=O)c2ccco2)cccc1[N+](=O)[O-]. The monoisotopic (exact) mass is 450 g/mol. The normalized spacial score (nSPS) is 10.9. The van der Waals surface area contributed by atoms with Crippen molar-refractivity contribution in [3.05, 3.63) is 104 Å². The maximum Gasteiger partial charge on any atom is 0.336 e. The molecule has 0 aliphatic carbocycles. The van der Waals surface area contributed by atoms with E-state index in [-0.39, 0.29) is 17.0 Å². The average Bonchev–Trinajstić information content (AvgIpc) is 3.34. The predicted octanol–water partition coefficient (Wildman–Crippen LogP) is 3.48. The van der Waals surface area contributed by atoms with Crippen LogP contribution in [0.3, 0.4) is 0 Å². The van der Waals surface area contributed by atoms with E-state index in [0.717, 1.165) is 18.4 Å². The highest BCUT2D eigenvalue weighted by molar-refractivity contribution is 5.94. The summed E-state index contributed by atoms with van der Waals surface area (Å²) in [4.78, 5) is 45.0. The molecule has 12 nitrogen and oxygen atoms in total. The smallest absolute Gasteiger partial charge is 0.336 e. The molecule has 0 aliphatic heterocycles. The molecule has 1 amide bonds. The lowest BCUT2D eigenvalue weighted by Crippen LogP contribution is -2.17. The van der Waals surface area contributed by atoms with Gasteiger partial charge in [0.2, 0.25) is 5.75 Å². The van der Waals surface area contributed by atoms with Gasteiger partial charge in [0.05, 0.1) is 22.3 Å². The van der Waals surface area contributed by atoms with Crippen LogP contribution in [0.15, 0.2) is 76.5 Å². The van der Waals surface area contributed by atoms with Crippen LogP contribution in [0.5, 0.6) is 5.75 Å². The maximum absolute atomic E-state index is 12.3. The molecule has 0 spiro atoms. The number of benzene rings is 2. The van der Waals surface area contributed by atoms with Crippen molar-refractivity contribution in [1.29, 1.82) is 0 Å². The van der Waals surface area contributed by atoms with Crippen molar-refractivity contribution in [3.63, 3.8) is 0 Å². The van der Waals surface area contributed by atoms with Gasteiger partial charge in [0.25, 0.3) is 5.69 Å². The third kappa shape index (κ3) is 5.95. The predicted molar refractivity (Wildman–Crippen MR) is 115 cm³/mol. The zero-order valence-corrected chi connectivity index (χ0v) is 16.6. The Bertz CT molecular complexity index is 1270. The summed E-state index contributed by atoms with van der Waals surface area (Å²) in [5, 5.41) is 25.9. The molecule has 33 heavy (non-hydrogen) atoms. The number of hydrazone groups is 1. The number of nitro groups is 2. The number of esters is 1. The Labute approximate surface area is 185 Å². The summed E-state index contributed by atoms with van der Waals surface area (Å²) < 4.78 is 10.1. The van der Waals surface area contributed by atoms with Crippen molar-refractivity contribution in [2.45, 2.75) is 0 Å². The number of nitrogens with one attached hydrogen (secondary N) is 1. The summed E-state index contributed by atoms with van der Waals surface area (Å²) in [6, 6.07) is 12.3. The molecule has 0 fully saturated rings. The summed E-state index contributed by atoms with van der Waals surface area (Å²) >= 11 is 0. The Hall–Kier alpha value is -5.13. The van der Waals surface area contributed by atoms with Crippen LogP contribution in [0.1, 0.15) is 21.7 Å². The number of para-hydroxylation sites is 1. The van der Waals surface area contributed by atoms with E-state index >= 15 is 0 Å². The summed E-state index contributed by atoms with van der Waals surface area (Å²) in [5.74, 6) is -2.01. The molecule has 1 aromatic heterocycles. The van der Waals surface area contributed by atoms with Gasteiger partial charge in [-0.3, -0.25) is 25.0 Å². The summed E-state index contributed by atoms with van der Waals surface area (Å²) in [6.45, 7) is 0. The van der Waals surface area contributed by atoms with E-state index in [1.165, 1.54) is 60.9 Å². The first-order chi connectivity index (χ1) is 15.8. The molecule has 0 unspecified atom stereocenters. The number of carbonyl (C=O) groups is 2. The molecule has 0 aliphatic rings. The third-order valence-corrected chi connectivity index (χ3v) is 4.03. The van der Waals surface area contributed by atoms with Crippen molar-refractivity contribution in [1.82, 2.24) is 5.43 Å². The first-order valence-corrected chi connectivity index (χ1v) is 9.14. The number of carbonyl (C=O) groups excluding carboxylic acids is 2. The summed E-state index contributed by atoms with van der Waals surface area (Å²) in [6.07, 6.45) is 4.61. The topological polar surface area (TPSA) is 167 Å². The van der Waals surface area contributed by atoms with Gasteiger partial charge in [-0.25, -0.2) is 10.2 Å². The van der Waals surface area contributed by atoms with Gasteiger partial charge >= 0.3 is 17.6 Å².